The van der Waals surface area contributed by atoms with Crippen LogP contribution in [-0.2, 0) is 0 Å². The van der Waals surface area contributed by atoms with Crippen molar-refractivity contribution in [1.82, 2.24) is 14.8 Å². The molecule has 2 heterocycles. The number of nitrogens with zero attached hydrogens (tertiary/aromatic N) is 3. The molecule has 0 radical (unpaired) electrons. The van der Waals surface area contributed by atoms with E-state index < -0.39 is 0 Å². The summed E-state index contributed by atoms with van der Waals surface area (Å²) in [6.07, 6.45) is 2.56. The summed E-state index contributed by atoms with van der Waals surface area (Å²) in [7, 11) is 1.84. The fourth-order valence-corrected chi connectivity index (χ4v) is 2.94. The number of hydrogen-bond acceptors (Lipinski definition) is 5. The highest BCUT2D eigenvalue weighted by Crippen LogP contribution is 2.16. The molecule has 1 aromatic heterocycles. The lowest BCUT2D eigenvalue weighted by Crippen LogP contribution is -2.35. The Balaban J connectivity index is 1.86. The van der Waals surface area contributed by atoms with E-state index in [0.29, 0.717) is 5.69 Å². The van der Waals surface area contributed by atoms with Crippen molar-refractivity contribution in [3.05, 3.63) is 16.1 Å². The van der Waals surface area contributed by atoms with Crippen molar-refractivity contribution < 1.29 is 4.79 Å². The van der Waals surface area contributed by atoms with Crippen molar-refractivity contribution in [2.45, 2.75) is 25.8 Å². The number of amides is 1. The predicted molar refractivity (Wildman–Crippen MR) is 77.4 cm³/mol. The van der Waals surface area contributed by atoms with E-state index in [0.717, 1.165) is 31.2 Å². The maximum atomic E-state index is 12.2. The summed E-state index contributed by atoms with van der Waals surface area (Å²) >= 11 is 1.45. The highest BCUT2D eigenvalue weighted by molar-refractivity contribution is 7.09. The van der Waals surface area contributed by atoms with E-state index in [9.17, 15) is 4.79 Å². The van der Waals surface area contributed by atoms with Crippen LogP contribution >= 0.6 is 11.3 Å². The minimum absolute atomic E-state index is 0.0117. The normalized spacial score (nSPS) is 17.6. The average molecular weight is 282 g/mol. The molecule has 0 bridgehead atoms. The lowest BCUT2D eigenvalue weighted by molar-refractivity contribution is 0.0777. The second-order valence-electron chi connectivity index (χ2n) is 5.14. The fourth-order valence-electron chi connectivity index (χ4n) is 2.19. The molecule has 1 unspecified atom stereocenters. The summed E-state index contributed by atoms with van der Waals surface area (Å²) in [6, 6.07) is -0.110. The van der Waals surface area contributed by atoms with Crippen molar-refractivity contribution in [1.29, 1.82) is 0 Å². The van der Waals surface area contributed by atoms with Crippen molar-refractivity contribution in [3.8, 4) is 0 Å². The number of thiazole rings is 1. The molecule has 5 nitrogen and oxygen atoms in total. The van der Waals surface area contributed by atoms with E-state index in [1.165, 1.54) is 24.2 Å². The molecule has 6 heteroatoms. The average Bonchev–Trinajstić information content (AvgIpc) is 3.05. The number of aromatic nitrogens is 1. The Morgan fingerprint density at radius 1 is 1.58 bits per heavy atom. The molecule has 19 heavy (non-hydrogen) atoms. The van der Waals surface area contributed by atoms with E-state index in [4.69, 9.17) is 5.73 Å². The molecule has 106 valence electrons. The molecule has 0 aromatic carbocycles. The summed E-state index contributed by atoms with van der Waals surface area (Å²) < 4.78 is 0. The Morgan fingerprint density at radius 2 is 2.26 bits per heavy atom. The number of nitrogens with two attached hydrogens (primary N) is 1. The number of carbonyl (C=O) groups excluding carboxylic acids is 1. The van der Waals surface area contributed by atoms with Crippen LogP contribution in [-0.4, -0.2) is 53.9 Å². The Kier molecular flexibility index (Phi) is 4.90. The molecule has 1 amide bonds. The highest BCUT2D eigenvalue weighted by Gasteiger charge is 2.18. The molecule has 1 saturated heterocycles. The third-order valence-electron chi connectivity index (χ3n) is 3.43. The smallest absolute Gasteiger partial charge is 0.273 e. The molecular formula is C13H22N4OS. The maximum Gasteiger partial charge on any atom is 0.273 e. The van der Waals surface area contributed by atoms with Crippen LogP contribution in [0.1, 0.15) is 41.3 Å². The van der Waals surface area contributed by atoms with Crippen molar-refractivity contribution in [2.24, 2.45) is 5.73 Å². The lowest BCUT2D eigenvalue weighted by atomic mass is 10.3. The molecular weight excluding hydrogens is 260 g/mol. The number of carbonyl (C=O) groups is 1. The van der Waals surface area contributed by atoms with Crippen LogP contribution in [0.15, 0.2) is 5.38 Å². The monoisotopic (exact) mass is 282 g/mol. The summed E-state index contributed by atoms with van der Waals surface area (Å²) in [4.78, 5) is 20.6. The molecule has 1 fully saturated rings. The quantitative estimate of drug-likeness (QED) is 0.885. The van der Waals surface area contributed by atoms with Gasteiger partial charge in [-0.1, -0.05) is 0 Å². The molecule has 1 aliphatic heterocycles. The van der Waals surface area contributed by atoms with Crippen molar-refractivity contribution >= 4 is 17.2 Å². The fraction of sp³-hybridized carbons (Fsp3) is 0.692. The molecule has 1 aromatic rings. The minimum Gasteiger partial charge on any atom is -0.339 e. The molecule has 0 spiro atoms. The Labute approximate surface area is 118 Å². The van der Waals surface area contributed by atoms with Crippen LogP contribution in [0.5, 0.6) is 0 Å². The van der Waals surface area contributed by atoms with Crippen LogP contribution in [0, 0.1) is 0 Å². The minimum atomic E-state index is -0.110. The van der Waals surface area contributed by atoms with E-state index in [-0.39, 0.29) is 11.9 Å². The van der Waals surface area contributed by atoms with Crippen LogP contribution in [0.4, 0.5) is 0 Å². The Morgan fingerprint density at radius 3 is 2.84 bits per heavy atom. The van der Waals surface area contributed by atoms with Gasteiger partial charge in [-0.2, -0.15) is 0 Å². The molecule has 1 aliphatic rings. The molecule has 1 atom stereocenters. The first-order chi connectivity index (χ1) is 9.08. The third kappa shape index (κ3) is 3.75. The van der Waals surface area contributed by atoms with E-state index in [2.05, 4.69) is 9.88 Å². The SMILES string of the molecule is CC(N)c1nc(C(=O)N(C)CCN2CCCC2)cs1. The second-order valence-corrected chi connectivity index (χ2v) is 6.02. The van der Waals surface area contributed by atoms with Crippen LogP contribution < -0.4 is 5.73 Å². The largest absolute Gasteiger partial charge is 0.339 e. The second kappa shape index (κ2) is 6.45. The van der Waals surface area contributed by atoms with E-state index in [1.54, 1.807) is 10.3 Å². The van der Waals surface area contributed by atoms with Gasteiger partial charge in [-0.25, -0.2) is 4.98 Å². The zero-order chi connectivity index (χ0) is 13.8. The first kappa shape index (κ1) is 14.4. The lowest BCUT2D eigenvalue weighted by Gasteiger charge is -2.20. The maximum absolute atomic E-state index is 12.2. The molecule has 2 rings (SSSR count). The predicted octanol–water partition coefficient (Wildman–Crippen LogP) is 1.33. The number of rotatable bonds is 5. The zero-order valence-electron chi connectivity index (χ0n) is 11.6. The third-order valence-corrected chi connectivity index (χ3v) is 4.47. The van der Waals surface area contributed by atoms with Crippen molar-refractivity contribution in [2.75, 3.05) is 33.2 Å². The number of likely N-dealkylation sites (N-methyl/N-ethyl adjacent to an activating group) is 1. The topological polar surface area (TPSA) is 62.5 Å². The zero-order valence-corrected chi connectivity index (χ0v) is 12.4. The van der Waals surface area contributed by atoms with E-state index in [1.807, 2.05) is 14.0 Å². The van der Waals surface area contributed by atoms with Crippen LogP contribution in [0.3, 0.4) is 0 Å². The Hall–Kier alpha value is -0.980. The van der Waals surface area contributed by atoms with Gasteiger partial charge in [0.1, 0.15) is 10.7 Å². The van der Waals surface area contributed by atoms with Gasteiger partial charge in [-0.05, 0) is 32.9 Å². The Bertz CT molecular complexity index is 426. The first-order valence-corrected chi connectivity index (χ1v) is 7.64. The van der Waals surface area contributed by atoms with Gasteiger partial charge in [0.2, 0.25) is 0 Å². The van der Waals surface area contributed by atoms with Gasteiger partial charge >= 0.3 is 0 Å². The van der Waals surface area contributed by atoms with Crippen molar-refractivity contribution in [3.63, 3.8) is 0 Å². The van der Waals surface area contributed by atoms with Gasteiger partial charge in [-0.3, -0.25) is 4.79 Å². The van der Waals surface area contributed by atoms with Gasteiger partial charge in [0.15, 0.2) is 0 Å². The van der Waals surface area contributed by atoms with Gasteiger partial charge < -0.3 is 15.5 Å². The summed E-state index contributed by atoms with van der Waals surface area (Å²) in [5.41, 5.74) is 6.28. The summed E-state index contributed by atoms with van der Waals surface area (Å²) in [5, 5.41) is 2.62. The van der Waals surface area contributed by atoms with Gasteiger partial charge in [-0.15, -0.1) is 11.3 Å². The number of hydrogen-bond donors (Lipinski definition) is 1. The van der Waals surface area contributed by atoms with Gasteiger partial charge in [0.05, 0.1) is 6.04 Å². The molecule has 0 aliphatic carbocycles. The summed E-state index contributed by atoms with van der Waals surface area (Å²) in [6.45, 7) is 5.90. The highest BCUT2D eigenvalue weighted by atomic mass is 32.1. The van der Waals surface area contributed by atoms with Gasteiger partial charge in [0, 0.05) is 25.5 Å². The van der Waals surface area contributed by atoms with E-state index >= 15 is 0 Å². The van der Waals surface area contributed by atoms with Crippen LogP contribution in [0.2, 0.25) is 0 Å². The summed E-state index contributed by atoms with van der Waals surface area (Å²) in [5.74, 6) is -0.0117. The number of likely N-dealkylation sites (tertiary alicyclic amines) is 1. The van der Waals surface area contributed by atoms with Crippen LogP contribution in [0.25, 0.3) is 0 Å². The molecule has 0 saturated carbocycles. The molecule has 2 N–H and O–H groups in total. The van der Waals surface area contributed by atoms with Gasteiger partial charge in [0.25, 0.3) is 5.91 Å². The first-order valence-electron chi connectivity index (χ1n) is 6.76. The standard InChI is InChI=1S/C13H22N4OS/c1-10(14)12-15-11(9-19-12)13(18)16(2)7-8-17-5-3-4-6-17/h9-10H,3-8,14H2,1-2H3.